The van der Waals surface area contributed by atoms with Crippen LogP contribution in [0.25, 0.3) is 0 Å². The lowest BCUT2D eigenvalue weighted by atomic mass is 10.00. The van der Waals surface area contributed by atoms with Crippen molar-refractivity contribution in [1.82, 2.24) is 15.3 Å². The molecule has 4 heteroatoms. The molecule has 17 heavy (non-hydrogen) atoms. The number of ether oxygens (including phenoxy) is 1. The average molecular weight is 235 g/mol. The molecular weight excluding hydrogens is 214 g/mol. The number of aromatic nitrogens is 2. The summed E-state index contributed by atoms with van der Waals surface area (Å²) >= 11 is 0. The molecule has 2 atom stereocenters. The lowest BCUT2D eigenvalue weighted by molar-refractivity contribution is -0.0423. The Morgan fingerprint density at radius 2 is 2.06 bits per heavy atom. The molecule has 2 unspecified atom stereocenters. The Balaban J connectivity index is 1.85. The molecule has 0 aliphatic carbocycles. The van der Waals surface area contributed by atoms with Crippen molar-refractivity contribution in [2.24, 2.45) is 0 Å². The predicted molar refractivity (Wildman–Crippen MR) is 66.6 cm³/mol. The van der Waals surface area contributed by atoms with Crippen LogP contribution in [0.15, 0.2) is 12.3 Å². The Kier molecular flexibility index (Phi) is 4.07. The van der Waals surface area contributed by atoms with E-state index in [4.69, 9.17) is 4.74 Å². The minimum atomic E-state index is 0.350. The van der Waals surface area contributed by atoms with Crippen molar-refractivity contribution in [3.05, 3.63) is 23.8 Å². The van der Waals surface area contributed by atoms with Gasteiger partial charge in [-0.05, 0) is 39.7 Å². The van der Waals surface area contributed by atoms with Crippen LogP contribution >= 0.6 is 0 Å². The van der Waals surface area contributed by atoms with E-state index in [2.05, 4.69) is 29.1 Å². The molecule has 94 valence electrons. The first-order valence-corrected chi connectivity index (χ1v) is 6.31. The summed E-state index contributed by atoms with van der Waals surface area (Å²) in [6, 6.07) is 2.50. The molecule has 2 rings (SSSR count). The van der Waals surface area contributed by atoms with E-state index in [0.29, 0.717) is 18.2 Å². The van der Waals surface area contributed by atoms with E-state index in [0.717, 1.165) is 30.9 Å². The fraction of sp³-hybridized carbons (Fsp3) is 0.692. The Labute approximate surface area is 103 Å². The third kappa shape index (κ3) is 3.75. The second-order valence-electron chi connectivity index (χ2n) is 4.90. The molecule has 1 N–H and O–H groups in total. The quantitative estimate of drug-likeness (QED) is 0.868. The highest BCUT2D eigenvalue weighted by Crippen LogP contribution is 2.19. The van der Waals surface area contributed by atoms with Crippen LogP contribution in [0.1, 0.15) is 38.2 Å². The average Bonchev–Trinajstić information content (AvgIpc) is 2.25. The van der Waals surface area contributed by atoms with Crippen molar-refractivity contribution in [2.45, 2.75) is 58.4 Å². The number of hydrogen-bond acceptors (Lipinski definition) is 4. The number of nitrogens with zero attached hydrogens (tertiary/aromatic N) is 2. The van der Waals surface area contributed by atoms with E-state index in [9.17, 15) is 0 Å². The van der Waals surface area contributed by atoms with Gasteiger partial charge in [0.05, 0.1) is 17.9 Å². The molecule has 0 spiro atoms. The van der Waals surface area contributed by atoms with E-state index < -0.39 is 0 Å². The lowest BCUT2D eigenvalue weighted by Crippen LogP contribution is -2.41. The summed E-state index contributed by atoms with van der Waals surface area (Å²) in [4.78, 5) is 8.49. The van der Waals surface area contributed by atoms with Crippen molar-refractivity contribution in [3.8, 4) is 0 Å². The molecule has 1 aliphatic rings. The second kappa shape index (κ2) is 5.56. The Bertz CT molecular complexity index is 359. The van der Waals surface area contributed by atoms with Crippen LogP contribution < -0.4 is 5.32 Å². The summed E-state index contributed by atoms with van der Waals surface area (Å²) in [6.45, 7) is 7.01. The molecular formula is C13H21N3O. The van der Waals surface area contributed by atoms with Gasteiger partial charge in [-0.25, -0.2) is 9.97 Å². The van der Waals surface area contributed by atoms with Crippen LogP contribution in [-0.2, 0) is 11.3 Å². The summed E-state index contributed by atoms with van der Waals surface area (Å²) in [7, 11) is 0. The van der Waals surface area contributed by atoms with Crippen LogP contribution in [0, 0.1) is 6.92 Å². The van der Waals surface area contributed by atoms with Crippen molar-refractivity contribution in [2.75, 3.05) is 0 Å². The first-order chi connectivity index (χ1) is 8.13. The van der Waals surface area contributed by atoms with E-state index in [1.54, 1.807) is 0 Å². The maximum absolute atomic E-state index is 5.72. The zero-order valence-electron chi connectivity index (χ0n) is 10.8. The summed E-state index contributed by atoms with van der Waals surface area (Å²) in [5, 5.41) is 3.56. The van der Waals surface area contributed by atoms with Crippen LogP contribution in [0.3, 0.4) is 0 Å². The zero-order valence-corrected chi connectivity index (χ0v) is 10.8. The summed E-state index contributed by atoms with van der Waals surface area (Å²) in [5.41, 5.74) is 1.06. The third-order valence-corrected chi connectivity index (χ3v) is 3.10. The first-order valence-electron chi connectivity index (χ1n) is 6.31. The van der Waals surface area contributed by atoms with Gasteiger partial charge in [-0.3, -0.25) is 0 Å². The van der Waals surface area contributed by atoms with Gasteiger partial charge in [-0.15, -0.1) is 0 Å². The Morgan fingerprint density at radius 3 is 2.71 bits per heavy atom. The lowest BCUT2D eigenvalue weighted by Gasteiger charge is -2.32. The van der Waals surface area contributed by atoms with E-state index >= 15 is 0 Å². The van der Waals surface area contributed by atoms with Crippen LogP contribution in [-0.4, -0.2) is 28.2 Å². The molecule has 2 heterocycles. The van der Waals surface area contributed by atoms with Crippen molar-refractivity contribution in [3.63, 3.8) is 0 Å². The fourth-order valence-corrected chi connectivity index (χ4v) is 2.42. The van der Waals surface area contributed by atoms with Crippen LogP contribution in [0.4, 0.5) is 0 Å². The Hall–Kier alpha value is -1.00. The van der Waals surface area contributed by atoms with Gasteiger partial charge in [-0.1, -0.05) is 0 Å². The van der Waals surface area contributed by atoms with Gasteiger partial charge >= 0.3 is 0 Å². The highest BCUT2D eigenvalue weighted by atomic mass is 16.5. The smallest absolute Gasteiger partial charge is 0.125 e. The normalized spacial score (nSPS) is 29.2. The van der Waals surface area contributed by atoms with Crippen molar-refractivity contribution in [1.29, 1.82) is 0 Å². The summed E-state index contributed by atoms with van der Waals surface area (Å²) < 4.78 is 5.72. The first kappa shape index (κ1) is 12.5. The third-order valence-electron chi connectivity index (χ3n) is 3.10. The monoisotopic (exact) mass is 235 g/mol. The van der Waals surface area contributed by atoms with Gasteiger partial charge < -0.3 is 10.1 Å². The molecule has 4 nitrogen and oxygen atoms in total. The summed E-state index contributed by atoms with van der Waals surface area (Å²) in [5.74, 6) is 0.831. The van der Waals surface area contributed by atoms with Gasteiger partial charge in [0, 0.05) is 18.8 Å². The van der Waals surface area contributed by atoms with Gasteiger partial charge in [-0.2, -0.15) is 0 Å². The second-order valence-corrected chi connectivity index (χ2v) is 4.90. The molecule has 0 radical (unpaired) electrons. The largest absolute Gasteiger partial charge is 0.375 e. The number of nitrogens with one attached hydrogen (secondary N) is 1. The van der Waals surface area contributed by atoms with Crippen molar-refractivity contribution >= 4 is 0 Å². The van der Waals surface area contributed by atoms with E-state index in [1.165, 1.54) is 0 Å². The number of aryl methyl sites for hydroxylation is 1. The zero-order chi connectivity index (χ0) is 12.3. The van der Waals surface area contributed by atoms with Gasteiger partial charge in [0.25, 0.3) is 0 Å². The van der Waals surface area contributed by atoms with Crippen LogP contribution in [0.2, 0.25) is 0 Å². The minimum absolute atomic E-state index is 0.350. The minimum Gasteiger partial charge on any atom is -0.375 e. The molecule has 1 aromatic rings. The predicted octanol–water partition coefficient (Wildman–Crippen LogP) is 1.83. The standard InChI is InChI=1S/C13H21N3O/c1-9-6-13(7-10(2)17-9)15-8-12-4-5-14-11(3)16-12/h4-5,9-10,13,15H,6-8H2,1-3H3. The molecule has 0 amide bonds. The molecule has 1 saturated heterocycles. The maximum atomic E-state index is 5.72. The van der Waals surface area contributed by atoms with Gasteiger partial charge in [0.1, 0.15) is 5.82 Å². The number of hydrogen-bond donors (Lipinski definition) is 1. The van der Waals surface area contributed by atoms with E-state index in [1.807, 2.05) is 19.2 Å². The summed E-state index contributed by atoms with van der Waals surface area (Å²) in [6.07, 6.45) is 4.67. The molecule has 1 aliphatic heterocycles. The van der Waals surface area contributed by atoms with E-state index in [-0.39, 0.29) is 0 Å². The van der Waals surface area contributed by atoms with Crippen LogP contribution in [0.5, 0.6) is 0 Å². The molecule has 1 aromatic heterocycles. The maximum Gasteiger partial charge on any atom is 0.125 e. The van der Waals surface area contributed by atoms with Gasteiger partial charge in [0.15, 0.2) is 0 Å². The Morgan fingerprint density at radius 1 is 1.35 bits per heavy atom. The highest BCUT2D eigenvalue weighted by Gasteiger charge is 2.23. The molecule has 0 bridgehead atoms. The topological polar surface area (TPSA) is 47.0 Å². The van der Waals surface area contributed by atoms with Gasteiger partial charge in [0.2, 0.25) is 0 Å². The fourth-order valence-electron chi connectivity index (χ4n) is 2.42. The SMILES string of the molecule is Cc1nccc(CNC2CC(C)OC(C)C2)n1. The van der Waals surface area contributed by atoms with Crippen molar-refractivity contribution < 1.29 is 4.74 Å². The number of rotatable bonds is 3. The molecule has 0 aromatic carbocycles. The highest BCUT2D eigenvalue weighted by molar-refractivity contribution is 5.01. The molecule has 1 fully saturated rings. The molecule has 0 saturated carbocycles.